The molecule has 0 spiro atoms. The molecule has 0 aromatic heterocycles. The summed E-state index contributed by atoms with van der Waals surface area (Å²) in [6, 6.07) is 0. The van der Waals surface area contributed by atoms with E-state index in [0.717, 1.165) is 12.3 Å². The van der Waals surface area contributed by atoms with Crippen LogP contribution in [0.3, 0.4) is 0 Å². The van der Waals surface area contributed by atoms with Crippen LogP contribution in [0.5, 0.6) is 0 Å². The average Bonchev–Trinajstić information content (AvgIpc) is 3.11. The number of ketones is 2. The summed E-state index contributed by atoms with van der Waals surface area (Å²) < 4.78 is 56.9. The van der Waals surface area contributed by atoms with E-state index < -0.39 is 80.1 Å². The Morgan fingerprint density at radius 1 is 1.10 bits per heavy atom. The van der Waals surface area contributed by atoms with Gasteiger partial charge in [-0.25, -0.2) is 4.39 Å². The molecule has 0 heterocycles. The fraction of sp³-hybridized carbons (Fsp3) is 0.733. The van der Waals surface area contributed by atoms with Crippen molar-refractivity contribution >= 4 is 33.6 Å². The zero-order valence-corrected chi connectivity index (χ0v) is 25.7. The van der Waals surface area contributed by atoms with Crippen molar-refractivity contribution in [1.82, 2.24) is 0 Å². The predicted octanol–water partition coefficient (Wildman–Crippen LogP) is 4.08. The maximum Gasteiger partial charge on any atom is 0.306 e. The van der Waals surface area contributed by atoms with E-state index in [1.807, 2.05) is 0 Å². The van der Waals surface area contributed by atoms with Crippen molar-refractivity contribution in [3.63, 3.8) is 0 Å². The molecule has 1 N–H and O–H groups in total. The first-order valence-electron chi connectivity index (χ1n) is 14.6. The Bertz CT molecular complexity index is 1340. The van der Waals surface area contributed by atoms with E-state index in [2.05, 4.69) is 0 Å². The first kappa shape index (κ1) is 32.3. The van der Waals surface area contributed by atoms with Crippen LogP contribution >= 0.6 is 0 Å². The Labute approximate surface area is 246 Å². The molecule has 4 aliphatic rings. The number of hydrogen-bond donors (Lipinski definition) is 1. The summed E-state index contributed by atoms with van der Waals surface area (Å²) in [6.45, 7) is 6.13. The van der Waals surface area contributed by atoms with Gasteiger partial charge in [0.05, 0.1) is 18.3 Å². The fourth-order valence-corrected chi connectivity index (χ4v) is 8.82. The number of halogens is 1. The maximum atomic E-state index is 17.5. The average molecular weight is 613 g/mol. The van der Waals surface area contributed by atoms with Crippen LogP contribution in [-0.4, -0.2) is 67.8 Å². The molecule has 0 aromatic carbocycles. The monoisotopic (exact) mass is 612 g/mol. The molecule has 0 bridgehead atoms. The van der Waals surface area contributed by atoms with Gasteiger partial charge in [-0.3, -0.25) is 23.4 Å². The molecule has 10 nitrogen and oxygen atoms in total. The van der Waals surface area contributed by atoms with Crippen molar-refractivity contribution < 1.29 is 50.7 Å². The molecular formula is C30H41FO10S. The second-order valence-electron chi connectivity index (χ2n) is 12.7. The first-order valence-corrected chi connectivity index (χ1v) is 16.4. The van der Waals surface area contributed by atoms with Gasteiger partial charge < -0.3 is 14.6 Å². The van der Waals surface area contributed by atoms with E-state index in [0.29, 0.717) is 24.8 Å². The minimum absolute atomic E-state index is 0.0184. The lowest BCUT2D eigenvalue weighted by Gasteiger charge is -2.61. The number of Topliss-reactive ketones (excluding diaryl/α,β-unsaturated/α-hetero) is 1. The van der Waals surface area contributed by atoms with Crippen molar-refractivity contribution in [3.8, 4) is 0 Å². The molecule has 234 valence electrons. The zero-order valence-electron chi connectivity index (χ0n) is 24.9. The normalized spacial score (nSPS) is 37.5. The minimum Gasteiger partial charge on any atom is -0.508 e. The van der Waals surface area contributed by atoms with Gasteiger partial charge in [-0.05, 0) is 75.9 Å². The number of ether oxygens (including phenoxy) is 2. The van der Waals surface area contributed by atoms with Crippen LogP contribution in [0, 0.1) is 28.6 Å². The minimum atomic E-state index is -4.00. The number of carbonyl (C=O) groups is 4. The highest BCUT2D eigenvalue weighted by Gasteiger charge is 2.75. The van der Waals surface area contributed by atoms with Crippen LogP contribution in [0.2, 0.25) is 0 Å². The van der Waals surface area contributed by atoms with E-state index in [9.17, 15) is 32.7 Å². The van der Waals surface area contributed by atoms with Gasteiger partial charge in [0, 0.05) is 30.3 Å². The Morgan fingerprint density at radius 3 is 2.40 bits per heavy atom. The summed E-state index contributed by atoms with van der Waals surface area (Å²) in [6.07, 6.45) is 4.31. The van der Waals surface area contributed by atoms with Crippen LogP contribution in [0.15, 0.2) is 23.5 Å². The molecule has 0 radical (unpaired) electrons. The van der Waals surface area contributed by atoms with Gasteiger partial charge in [-0.15, -0.1) is 0 Å². The maximum absolute atomic E-state index is 17.5. The number of carbonyl (C=O) groups excluding carboxylic acids is 4. The van der Waals surface area contributed by atoms with E-state index >= 15 is 4.39 Å². The van der Waals surface area contributed by atoms with Crippen molar-refractivity contribution in [2.75, 3.05) is 19.5 Å². The van der Waals surface area contributed by atoms with Crippen molar-refractivity contribution in [3.05, 3.63) is 23.5 Å². The SMILES string of the molecule is CCOC(=O)CCCC(=O)O[C@]1(C(=O)COS(C)(=O)=O)[C@@H](C)C[C@H]2[C@@H]3CCC4=CC(O)=CC(=O)[C@]4(C)[C@@]3(F)CC[C@@]21C. The smallest absolute Gasteiger partial charge is 0.306 e. The molecule has 0 amide bonds. The molecular weight excluding hydrogens is 571 g/mol. The number of hydrogen-bond acceptors (Lipinski definition) is 10. The number of allylic oxidation sites excluding steroid dienone is 3. The van der Waals surface area contributed by atoms with E-state index in [-0.39, 0.29) is 44.5 Å². The summed E-state index contributed by atoms with van der Waals surface area (Å²) in [5.74, 6) is -4.38. The summed E-state index contributed by atoms with van der Waals surface area (Å²) in [4.78, 5) is 52.2. The molecule has 0 saturated heterocycles. The van der Waals surface area contributed by atoms with Gasteiger partial charge in [-0.2, -0.15) is 8.42 Å². The van der Waals surface area contributed by atoms with Crippen molar-refractivity contribution in [2.24, 2.45) is 28.6 Å². The molecule has 12 heteroatoms. The number of aliphatic hydroxyl groups excluding tert-OH is 1. The second kappa shape index (κ2) is 11.2. The zero-order chi connectivity index (χ0) is 31.3. The summed E-state index contributed by atoms with van der Waals surface area (Å²) in [5, 5.41) is 10.1. The van der Waals surface area contributed by atoms with Crippen LogP contribution in [0.1, 0.15) is 79.1 Å². The second-order valence-corrected chi connectivity index (χ2v) is 14.3. The number of fused-ring (bicyclic) bond motifs is 5. The molecule has 0 unspecified atom stereocenters. The highest BCUT2D eigenvalue weighted by molar-refractivity contribution is 7.86. The van der Waals surface area contributed by atoms with Gasteiger partial charge >= 0.3 is 11.9 Å². The molecule has 4 aliphatic carbocycles. The Hall–Kier alpha value is -2.60. The molecule has 7 atom stereocenters. The van der Waals surface area contributed by atoms with Gasteiger partial charge in [0.25, 0.3) is 10.1 Å². The van der Waals surface area contributed by atoms with Gasteiger partial charge in [0.15, 0.2) is 11.4 Å². The topological polar surface area (TPSA) is 150 Å². The number of aliphatic hydroxyl groups is 1. The van der Waals surface area contributed by atoms with E-state index in [4.69, 9.17) is 13.7 Å². The number of esters is 2. The Morgan fingerprint density at radius 2 is 1.76 bits per heavy atom. The van der Waals surface area contributed by atoms with Crippen molar-refractivity contribution in [2.45, 2.75) is 90.3 Å². The predicted molar refractivity (Wildman–Crippen MR) is 148 cm³/mol. The standard InChI is InChI=1S/C30H41FO10S/c1-6-39-25(35)8-7-9-26(36)41-30(24(34)17-40-42(5,37)38)18(2)14-22-21-11-10-19-15-20(32)16-23(33)28(19,4)29(21,31)13-12-27(22,30)3/h15-16,18,21-22,32H,6-14,17H2,1-5H3/t18-,21-,22-,27-,28+,29+,30-/m0/s1. The third kappa shape index (κ3) is 5.02. The van der Waals surface area contributed by atoms with E-state index in [1.165, 1.54) is 6.08 Å². The fourth-order valence-electron chi connectivity index (χ4n) is 8.50. The van der Waals surface area contributed by atoms with Gasteiger partial charge in [0.2, 0.25) is 5.78 Å². The Kier molecular flexibility index (Phi) is 8.58. The van der Waals surface area contributed by atoms with Crippen molar-refractivity contribution in [1.29, 1.82) is 0 Å². The largest absolute Gasteiger partial charge is 0.508 e. The third-order valence-corrected chi connectivity index (χ3v) is 11.0. The molecule has 3 saturated carbocycles. The Balaban J connectivity index is 1.69. The lowest BCUT2D eigenvalue weighted by Crippen LogP contribution is -2.66. The lowest BCUT2D eigenvalue weighted by atomic mass is 9.44. The van der Waals surface area contributed by atoms with Gasteiger partial charge in [0.1, 0.15) is 18.0 Å². The van der Waals surface area contributed by atoms with E-state index in [1.54, 1.807) is 27.7 Å². The summed E-state index contributed by atoms with van der Waals surface area (Å²) >= 11 is 0. The van der Waals surface area contributed by atoms with Crippen LogP contribution < -0.4 is 0 Å². The molecule has 3 fully saturated rings. The van der Waals surface area contributed by atoms with Crippen LogP contribution in [-0.2, 0) is 43.0 Å². The highest BCUT2D eigenvalue weighted by Crippen LogP contribution is 2.71. The molecule has 42 heavy (non-hydrogen) atoms. The van der Waals surface area contributed by atoms with Crippen LogP contribution in [0.25, 0.3) is 0 Å². The summed E-state index contributed by atoms with van der Waals surface area (Å²) in [5.41, 5.74) is -5.81. The lowest BCUT2D eigenvalue weighted by molar-refractivity contribution is -0.205. The quantitative estimate of drug-likeness (QED) is 0.282. The molecule has 0 aromatic rings. The first-order chi connectivity index (χ1) is 19.5. The number of rotatable bonds is 10. The number of alkyl halides is 1. The molecule has 4 rings (SSSR count). The molecule has 0 aliphatic heterocycles. The van der Waals surface area contributed by atoms with Crippen LogP contribution in [0.4, 0.5) is 4.39 Å². The summed E-state index contributed by atoms with van der Waals surface area (Å²) in [7, 11) is -4.00. The highest BCUT2D eigenvalue weighted by atomic mass is 32.2. The van der Waals surface area contributed by atoms with Gasteiger partial charge in [-0.1, -0.05) is 13.8 Å². The third-order valence-electron chi connectivity index (χ3n) is 10.5.